The molecule has 88 valence electrons. The Morgan fingerprint density at radius 3 is 2.76 bits per heavy atom. The highest BCUT2D eigenvalue weighted by Gasteiger charge is 2.05. The first kappa shape index (κ1) is 11.5. The van der Waals surface area contributed by atoms with E-state index in [9.17, 15) is 4.39 Å². The Balaban J connectivity index is 2.10. The van der Waals surface area contributed by atoms with Crippen LogP contribution in [0.4, 0.5) is 4.39 Å². The summed E-state index contributed by atoms with van der Waals surface area (Å²) in [5.41, 5.74) is 7.22. The van der Waals surface area contributed by atoms with Crippen LogP contribution in [0.5, 0.6) is 5.75 Å². The fourth-order valence-corrected chi connectivity index (χ4v) is 1.50. The zero-order chi connectivity index (χ0) is 12.1. The van der Waals surface area contributed by atoms with E-state index in [-0.39, 0.29) is 18.2 Å². The highest BCUT2D eigenvalue weighted by molar-refractivity contribution is 5.25. The molecule has 1 heterocycles. The van der Waals surface area contributed by atoms with Gasteiger partial charge in [-0.3, -0.25) is 4.98 Å². The Kier molecular flexibility index (Phi) is 3.67. The zero-order valence-electron chi connectivity index (χ0n) is 9.27. The van der Waals surface area contributed by atoms with Crippen LogP contribution in [0.25, 0.3) is 0 Å². The summed E-state index contributed by atoms with van der Waals surface area (Å²) < 4.78 is 18.7. The molecule has 4 heteroatoms. The SMILES string of the molecule is NCc1cccnc1COc1ccccc1F. The molecule has 0 amide bonds. The van der Waals surface area contributed by atoms with Gasteiger partial charge >= 0.3 is 0 Å². The summed E-state index contributed by atoms with van der Waals surface area (Å²) in [4.78, 5) is 4.17. The highest BCUT2D eigenvalue weighted by atomic mass is 19.1. The van der Waals surface area contributed by atoms with Gasteiger partial charge in [0.2, 0.25) is 0 Å². The molecular formula is C13H13FN2O. The molecule has 0 radical (unpaired) electrons. The molecule has 0 aliphatic rings. The number of nitrogens with two attached hydrogens (primary N) is 1. The van der Waals surface area contributed by atoms with Crippen LogP contribution in [0.2, 0.25) is 0 Å². The van der Waals surface area contributed by atoms with Crippen LogP contribution in [0.3, 0.4) is 0 Å². The molecule has 0 spiro atoms. The van der Waals surface area contributed by atoms with Crippen molar-refractivity contribution in [1.29, 1.82) is 0 Å². The largest absolute Gasteiger partial charge is 0.484 e. The molecule has 2 rings (SSSR count). The molecule has 3 nitrogen and oxygen atoms in total. The van der Waals surface area contributed by atoms with Crippen LogP contribution in [0.15, 0.2) is 42.6 Å². The van der Waals surface area contributed by atoms with E-state index >= 15 is 0 Å². The Labute approximate surface area is 99.1 Å². The van der Waals surface area contributed by atoms with E-state index in [2.05, 4.69) is 4.98 Å². The minimum absolute atomic E-state index is 0.217. The first-order valence-electron chi connectivity index (χ1n) is 5.31. The molecule has 1 aromatic heterocycles. The lowest BCUT2D eigenvalue weighted by Gasteiger charge is -2.09. The number of hydrogen-bond acceptors (Lipinski definition) is 3. The summed E-state index contributed by atoms with van der Waals surface area (Å²) in [6.45, 7) is 0.609. The normalized spacial score (nSPS) is 10.2. The fraction of sp³-hybridized carbons (Fsp3) is 0.154. The van der Waals surface area contributed by atoms with Crippen molar-refractivity contribution >= 4 is 0 Å². The number of aromatic nitrogens is 1. The molecule has 0 saturated heterocycles. The molecule has 0 bridgehead atoms. The molecule has 0 saturated carbocycles. The molecule has 2 aromatic rings. The van der Waals surface area contributed by atoms with Gasteiger partial charge in [0.05, 0.1) is 5.69 Å². The number of pyridine rings is 1. The van der Waals surface area contributed by atoms with Gasteiger partial charge in [0, 0.05) is 12.7 Å². The van der Waals surface area contributed by atoms with Crippen molar-refractivity contribution in [3.63, 3.8) is 0 Å². The van der Waals surface area contributed by atoms with Crippen LogP contribution >= 0.6 is 0 Å². The summed E-state index contributed by atoms with van der Waals surface area (Å²) in [5.74, 6) is -0.154. The van der Waals surface area contributed by atoms with Crippen molar-refractivity contribution in [3.8, 4) is 5.75 Å². The molecule has 2 N–H and O–H groups in total. The quantitative estimate of drug-likeness (QED) is 0.879. The maximum atomic E-state index is 13.3. The lowest BCUT2D eigenvalue weighted by Crippen LogP contribution is -2.07. The number of ether oxygens (including phenoxy) is 1. The second-order valence-electron chi connectivity index (χ2n) is 3.53. The number of para-hydroxylation sites is 1. The Bertz CT molecular complexity index is 502. The topological polar surface area (TPSA) is 48.1 Å². The van der Waals surface area contributed by atoms with Crippen molar-refractivity contribution in [2.75, 3.05) is 0 Å². The second kappa shape index (κ2) is 5.41. The lowest BCUT2D eigenvalue weighted by atomic mass is 10.2. The fourth-order valence-electron chi connectivity index (χ4n) is 1.50. The molecule has 1 aromatic carbocycles. The van der Waals surface area contributed by atoms with Crippen LogP contribution in [-0.2, 0) is 13.2 Å². The van der Waals surface area contributed by atoms with Crippen LogP contribution in [-0.4, -0.2) is 4.98 Å². The van der Waals surface area contributed by atoms with Gasteiger partial charge in [0.1, 0.15) is 6.61 Å². The number of rotatable bonds is 4. The first-order valence-corrected chi connectivity index (χ1v) is 5.31. The van der Waals surface area contributed by atoms with E-state index in [0.717, 1.165) is 11.3 Å². The van der Waals surface area contributed by atoms with Gasteiger partial charge in [-0.15, -0.1) is 0 Å². The van der Waals surface area contributed by atoms with E-state index in [1.165, 1.54) is 6.07 Å². The molecular weight excluding hydrogens is 219 g/mol. The third-order valence-electron chi connectivity index (χ3n) is 2.41. The predicted octanol–water partition coefficient (Wildman–Crippen LogP) is 2.26. The van der Waals surface area contributed by atoms with E-state index < -0.39 is 0 Å². The summed E-state index contributed by atoms with van der Waals surface area (Å²) >= 11 is 0. The maximum Gasteiger partial charge on any atom is 0.165 e. The van der Waals surface area contributed by atoms with Crippen molar-refractivity contribution in [1.82, 2.24) is 4.98 Å². The Morgan fingerprint density at radius 1 is 1.18 bits per heavy atom. The summed E-state index contributed by atoms with van der Waals surface area (Å²) in [7, 11) is 0. The van der Waals surface area contributed by atoms with Crippen molar-refractivity contribution in [2.45, 2.75) is 13.2 Å². The van der Waals surface area contributed by atoms with Gasteiger partial charge in [0.15, 0.2) is 11.6 Å². The maximum absolute atomic E-state index is 13.3. The van der Waals surface area contributed by atoms with E-state index in [0.29, 0.717) is 6.54 Å². The molecule has 0 atom stereocenters. The second-order valence-corrected chi connectivity index (χ2v) is 3.53. The van der Waals surface area contributed by atoms with Crippen molar-refractivity contribution in [3.05, 3.63) is 59.7 Å². The molecule has 0 aliphatic heterocycles. The molecule has 0 unspecified atom stereocenters. The average molecular weight is 232 g/mol. The Hall–Kier alpha value is -1.94. The van der Waals surface area contributed by atoms with Crippen molar-refractivity contribution in [2.24, 2.45) is 5.73 Å². The monoisotopic (exact) mass is 232 g/mol. The molecule has 17 heavy (non-hydrogen) atoms. The smallest absolute Gasteiger partial charge is 0.165 e. The Morgan fingerprint density at radius 2 is 2.00 bits per heavy atom. The number of halogens is 1. The standard InChI is InChI=1S/C13H13FN2O/c14-11-5-1-2-6-13(11)17-9-12-10(8-15)4-3-7-16-12/h1-7H,8-9,15H2. The number of nitrogens with zero attached hydrogens (tertiary/aromatic N) is 1. The van der Waals surface area contributed by atoms with E-state index in [1.807, 2.05) is 12.1 Å². The summed E-state index contributed by atoms with van der Waals surface area (Å²) in [6, 6.07) is 9.98. The summed E-state index contributed by atoms with van der Waals surface area (Å²) in [5, 5.41) is 0. The average Bonchev–Trinajstić information content (AvgIpc) is 2.38. The molecule has 0 aliphatic carbocycles. The number of benzene rings is 1. The van der Waals surface area contributed by atoms with Gasteiger partial charge in [-0.05, 0) is 23.8 Å². The van der Waals surface area contributed by atoms with Gasteiger partial charge in [-0.1, -0.05) is 18.2 Å². The first-order chi connectivity index (χ1) is 8.31. The van der Waals surface area contributed by atoms with E-state index in [1.54, 1.807) is 24.4 Å². The van der Waals surface area contributed by atoms with Gasteiger partial charge in [0.25, 0.3) is 0 Å². The highest BCUT2D eigenvalue weighted by Crippen LogP contribution is 2.17. The number of hydrogen-bond donors (Lipinski definition) is 1. The van der Waals surface area contributed by atoms with Gasteiger partial charge < -0.3 is 10.5 Å². The van der Waals surface area contributed by atoms with Gasteiger partial charge in [-0.2, -0.15) is 0 Å². The minimum atomic E-state index is -0.377. The van der Waals surface area contributed by atoms with Gasteiger partial charge in [-0.25, -0.2) is 4.39 Å². The van der Waals surface area contributed by atoms with Crippen molar-refractivity contribution < 1.29 is 9.13 Å². The third-order valence-corrected chi connectivity index (χ3v) is 2.41. The summed E-state index contributed by atoms with van der Waals surface area (Å²) in [6.07, 6.45) is 1.67. The minimum Gasteiger partial charge on any atom is -0.484 e. The third kappa shape index (κ3) is 2.79. The van der Waals surface area contributed by atoms with Crippen LogP contribution < -0.4 is 10.5 Å². The van der Waals surface area contributed by atoms with Crippen LogP contribution in [0, 0.1) is 5.82 Å². The zero-order valence-corrected chi connectivity index (χ0v) is 9.27. The predicted molar refractivity (Wildman–Crippen MR) is 62.9 cm³/mol. The molecule has 0 fully saturated rings. The van der Waals surface area contributed by atoms with Crippen LogP contribution in [0.1, 0.15) is 11.3 Å². The van der Waals surface area contributed by atoms with E-state index in [4.69, 9.17) is 10.5 Å². The lowest BCUT2D eigenvalue weighted by molar-refractivity contribution is 0.284.